The Morgan fingerprint density at radius 2 is 1.62 bits per heavy atom. The molecule has 382 valence electrons. The smallest absolute Gasteiger partial charge is 0.336 e. The average molecular weight is 1020 g/mol. The van der Waals surface area contributed by atoms with E-state index < -0.39 is 11.6 Å². The van der Waals surface area contributed by atoms with E-state index in [1.165, 1.54) is 34.2 Å². The van der Waals surface area contributed by atoms with Gasteiger partial charge >= 0.3 is 5.97 Å². The molecule has 0 saturated carbocycles. The molecule has 10 heteroatoms. The van der Waals surface area contributed by atoms with Crippen LogP contribution in [-0.4, -0.2) is 54.3 Å². The number of ether oxygens (including phenoxy) is 2. The number of thioether (sulfide) groups is 1. The van der Waals surface area contributed by atoms with Gasteiger partial charge in [-0.2, -0.15) is 0 Å². The Morgan fingerprint density at radius 1 is 0.890 bits per heavy atom. The quantitative estimate of drug-likeness (QED) is 0.0317. The molecule has 0 radical (unpaired) electrons. The van der Waals surface area contributed by atoms with Gasteiger partial charge in [-0.05, 0) is 186 Å². The SMILES string of the molecule is C=C1NC(=C)/C(=C/c2ccc(OCC3(C)CCc4c(C)c(CCCCCCCC(=S)Cc5ccc(-c6c7ccc(=[N+](CC)CC)cc-7oc7cc(N(CC)CC)ccc67)c(C(=O)O)c5)c(C)c(C)c4O3)cc2)S1. The van der Waals surface area contributed by atoms with Crippen LogP contribution >= 0.6 is 24.0 Å². The Morgan fingerprint density at radius 3 is 2.32 bits per heavy atom. The van der Waals surface area contributed by atoms with E-state index in [1.54, 1.807) is 11.8 Å². The molecule has 8 nitrogen and oxygen atoms in total. The maximum Gasteiger partial charge on any atom is 0.336 e. The van der Waals surface area contributed by atoms with Gasteiger partial charge in [-0.1, -0.05) is 80.7 Å². The van der Waals surface area contributed by atoms with Crippen LogP contribution in [0.4, 0.5) is 5.69 Å². The molecule has 0 spiro atoms. The molecular weight excluding hydrogens is 943 g/mol. The standard InChI is InChI=1S/C63H73N3O5S2/c1-11-65(12-2)47-25-30-54-57(37-47)70-58-38-48(66(13-3)14-4)26-31-55(58)60(54)53-29-24-46(35-56(53)62(67)68)34-50(72)20-18-16-15-17-19-21-51-40(5)41(6)61-52(42(51)7)32-33-63(10,71-61)39-69-49-27-22-45(23-28-49)36-59-43(8)64-44(9)73-59/h22-31,35-38,64H,8-9,11-21,32-34,39H2,1-7,10H3/p+1/b59-36-. The number of hydrogen-bond acceptors (Lipinski definition) is 8. The molecule has 4 aliphatic rings. The molecule has 0 bridgehead atoms. The fourth-order valence-electron chi connectivity index (χ4n) is 10.8. The molecule has 4 aromatic carbocycles. The Bertz CT molecular complexity index is 3140. The van der Waals surface area contributed by atoms with Gasteiger partial charge in [0.1, 0.15) is 48.1 Å². The monoisotopic (exact) mass is 1020 g/mol. The number of unbranched alkanes of at least 4 members (excludes halogenated alkanes) is 4. The van der Waals surface area contributed by atoms with Gasteiger partial charge in [0.05, 0.1) is 16.7 Å². The van der Waals surface area contributed by atoms with Crippen LogP contribution in [0.1, 0.15) is 129 Å². The van der Waals surface area contributed by atoms with Crippen LogP contribution in [0.2, 0.25) is 0 Å². The van der Waals surface area contributed by atoms with E-state index in [1.807, 2.05) is 24.3 Å². The molecule has 3 aliphatic heterocycles. The van der Waals surface area contributed by atoms with E-state index in [2.05, 4.69) is 144 Å². The second-order valence-corrected chi connectivity index (χ2v) is 21.8. The number of benzene rings is 5. The van der Waals surface area contributed by atoms with Gasteiger partial charge in [0.15, 0.2) is 0 Å². The number of aromatic carboxylic acids is 1. The number of nitrogens with zero attached hydrogens (tertiary/aromatic N) is 2. The summed E-state index contributed by atoms with van der Waals surface area (Å²) < 4.78 is 22.1. The van der Waals surface area contributed by atoms with Crippen molar-refractivity contribution < 1.29 is 23.8 Å². The third-order valence-corrected chi connectivity index (χ3v) is 16.4. The molecular formula is C63H74N3O5S2+. The highest BCUT2D eigenvalue weighted by Gasteiger charge is 2.35. The van der Waals surface area contributed by atoms with Crippen molar-refractivity contribution in [3.8, 4) is 33.9 Å². The second-order valence-electron chi connectivity index (χ2n) is 20.1. The Hall–Kier alpha value is -6.10. The van der Waals surface area contributed by atoms with Crippen LogP contribution in [0, 0.1) is 20.8 Å². The van der Waals surface area contributed by atoms with Gasteiger partial charge in [0.2, 0.25) is 5.36 Å². The lowest BCUT2D eigenvalue weighted by Gasteiger charge is -2.38. The van der Waals surface area contributed by atoms with E-state index in [4.69, 9.17) is 26.1 Å². The zero-order valence-corrected chi connectivity index (χ0v) is 46.0. The molecule has 4 aromatic rings. The van der Waals surface area contributed by atoms with E-state index in [9.17, 15) is 9.90 Å². The zero-order chi connectivity index (χ0) is 52.0. The summed E-state index contributed by atoms with van der Waals surface area (Å²) in [5.74, 6) is 1.64. The van der Waals surface area contributed by atoms with Gasteiger partial charge in [0, 0.05) is 64.4 Å². The van der Waals surface area contributed by atoms with Gasteiger partial charge in [-0.3, -0.25) is 0 Å². The maximum absolute atomic E-state index is 13.1. The largest absolute Gasteiger partial charge is 0.489 e. The number of nitrogens with one attached hydrogen (secondary N) is 1. The van der Waals surface area contributed by atoms with Crippen molar-refractivity contribution in [1.82, 2.24) is 9.89 Å². The van der Waals surface area contributed by atoms with Gasteiger partial charge in [-0.15, -0.1) is 0 Å². The fraction of sp³-hybridized carbons (Fsp3) is 0.381. The maximum atomic E-state index is 13.1. The summed E-state index contributed by atoms with van der Waals surface area (Å²) in [7, 11) is 0. The highest BCUT2D eigenvalue weighted by molar-refractivity contribution is 8.07. The van der Waals surface area contributed by atoms with Crippen LogP contribution in [0.3, 0.4) is 0 Å². The molecule has 1 saturated heterocycles. The minimum Gasteiger partial charge on any atom is -0.489 e. The molecule has 73 heavy (non-hydrogen) atoms. The predicted molar refractivity (Wildman–Crippen MR) is 310 cm³/mol. The van der Waals surface area contributed by atoms with Crippen LogP contribution in [0.5, 0.6) is 11.5 Å². The minimum atomic E-state index is -0.957. The molecule has 8 rings (SSSR count). The fourth-order valence-corrected chi connectivity index (χ4v) is 11.9. The molecule has 1 unspecified atom stereocenters. The Kier molecular flexibility index (Phi) is 17.1. The lowest BCUT2D eigenvalue weighted by Crippen LogP contribution is -2.42. The number of carboxylic acids is 1. The summed E-state index contributed by atoms with van der Waals surface area (Å²) in [5, 5.41) is 16.8. The van der Waals surface area contributed by atoms with Crippen LogP contribution < -0.4 is 29.6 Å². The van der Waals surface area contributed by atoms with Crippen molar-refractivity contribution in [2.24, 2.45) is 0 Å². The molecule has 1 aliphatic carbocycles. The summed E-state index contributed by atoms with van der Waals surface area (Å²) >= 11 is 7.55. The van der Waals surface area contributed by atoms with Crippen molar-refractivity contribution in [1.29, 1.82) is 0 Å². The zero-order valence-electron chi connectivity index (χ0n) is 44.4. The highest BCUT2D eigenvalue weighted by Crippen LogP contribution is 2.44. The number of hydrogen-bond donors (Lipinski definition) is 2. The summed E-state index contributed by atoms with van der Waals surface area (Å²) in [4.78, 5) is 17.4. The number of rotatable bonds is 21. The highest BCUT2D eigenvalue weighted by atomic mass is 32.2. The minimum absolute atomic E-state index is 0.272. The van der Waals surface area contributed by atoms with E-state index in [0.717, 1.165) is 160 Å². The van der Waals surface area contributed by atoms with Crippen LogP contribution in [0.25, 0.3) is 39.5 Å². The lowest BCUT2D eigenvalue weighted by molar-refractivity contribution is 0.0167. The van der Waals surface area contributed by atoms with E-state index in [-0.39, 0.29) is 5.56 Å². The lowest BCUT2D eigenvalue weighted by atomic mass is 9.84. The molecule has 2 N–H and O–H groups in total. The summed E-state index contributed by atoms with van der Waals surface area (Å²) in [6.45, 7) is 29.6. The molecule has 0 aromatic heterocycles. The van der Waals surface area contributed by atoms with E-state index in [0.29, 0.717) is 18.6 Å². The summed E-state index contributed by atoms with van der Waals surface area (Å²) in [5.41, 5.74) is 13.8. The van der Waals surface area contributed by atoms with Crippen LogP contribution in [0.15, 0.2) is 112 Å². The molecule has 1 atom stereocenters. The first-order valence-corrected chi connectivity index (χ1v) is 27.7. The average Bonchev–Trinajstić information content (AvgIpc) is 3.70. The third-order valence-electron chi connectivity index (χ3n) is 15.1. The number of carboxylic acid groups (broad SMARTS) is 1. The second kappa shape index (κ2) is 23.4. The van der Waals surface area contributed by atoms with Crippen LogP contribution in [-0.2, 0) is 19.3 Å². The normalized spacial score (nSPS) is 15.9. The van der Waals surface area contributed by atoms with Crippen molar-refractivity contribution in [3.63, 3.8) is 0 Å². The third kappa shape index (κ3) is 12.0. The first kappa shape index (κ1) is 53.2. The molecule has 1 fully saturated rings. The Labute approximate surface area is 443 Å². The first-order chi connectivity index (χ1) is 35.1. The topological polar surface area (TPSA) is 87.2 Å². The van der Waals surface area contributed by atoms with Crippen molar-refractivity contribution >= 4 is 57.5 Å². The summed E-state index contributed by atoms with van der Waals surface area (Å²) in [6.07, 6.45) is 12.1. The number of carbonyl (C=O) groups is 1. The predicted octanol–water partition coefficient (Wildman–Crippen LogP) is 14.8. The van der Waals surface area contributed by atoms with Crippen molar-refractivity contribution in [3.05, 3.63) is 158 Å². The molecule has 3 heterocycles. The van der Waals surface area contributed by atoms with Gasteiger partial charge in [-0.25, -0.2) is 9.37 Å². The van der Waals surface area contributed by atoms with E-state index >= 15 is 0 Å². The Balaban J connectivity index is 0.852. The number of thiocarbonyl (C=S) groups is 1. The first-order valence-electron chi connectivity index (χ1n) is 26.4. The van der Waals surface area contributed by atoms with Gasteiger partial charge in [0.25, 0.3) is 0 Å². The van der Waals surface area contributed by atoms with Crippen molar-refractivity contribution in [2.45, 2.75) is 125 Å². The molecule has 0 amide bonds. The number of fused-ring (bicyclic) bond motifs is 3. The van der Waals surface area contributed by atoms with Crippen molar-refractivity contribution in [2.75, 3.05) is 37.7 Å². The number of anilines is 1. The van der Waals surface area contributed by atoms with Gasteiger partial charge < -0.3 is 29.2 Å². The summed E-state index contributed by atoms with van der Waals surface area (Å²) in [6, 6.07) is 26.6.